The van der Waals surface area contributed by atoms with Crippen molar-refractivity contribution in [2.24, 2.45) is 5.92 Å². The fourth-order valence-corrected chi connectivity index (χ4v) is 2.84. The molecule has 0 saturated carbocycles. The monoisotopic (exact) mass is 327 g/mol. The zero-order valence-corrected chi connectivity index (χ0v) is 12.6. The van der Waals surface area contributed by atoms with E-state index in [0.717, 1.165) is 12.1 Å². The lowest BCUT2D eigenvalue weighted by Gasteiger charge is -2.24. The van der Waals surface area contributed by atoms with Gasteiger partial charge in [-0.3, -0.25) is 0 Å². The molecule has 1 unspecified atom stereocenters. The Bertz CT molecular complexity index is 597. The maximum atomic E-state index is 13.2. The number of sulfone groups is 1. The second-order valence-corrected chi connectivity index (χ2v) is 6.90. The average molecular weight is 327 g/mol. The van der Waals surface area contributed by atoms with E-state index in [-0.39, 0.29) is 17.6 Å². The van der Waals surface area contributed by atoms with E-state index in [2.05, 4.69) is 5.32 Å². The van der Waals surface area contributed by atoms with Gasteiger partial charge in [0.2, 0.25) is 0 Å². The highest BCUT2D eigenvalue weighted by Crippen LogP contribution is 2.35. The number of alkyl halides is 3. The Kier molecular flexibility index (Phi) is 5.25. The van der Waals surface area contributed by atoms with E-state index >= 15 is 0 Å². The van der Waals surface area contributed by atoms with Crippen molar-refractivity contribution in [2.45, 2.75) is 43.6 Å². The Labute approximate surface area is 121 Å². The minimum Gasteiger partial charge on any atom is -0.381 e. The van der Waals surface area contributed by atoms with Crippen molar-refractivity contribution >= 4 is 15.5 Å². The molecule has 1 atom stereocenters. The molecular formula is C13H17F4NO2S. The Morgan fingerprint density at radius 2 is 1.81 bits per heavy atom. The first kappa shape index (κ1) is 17.7. The predicted octanol–water partition coefficient (Wildman–Crippen LogP) is 3.97. The van der Waals surface area contributed by atoms with E-state index in [1.165, 1.54) is 0 Å². The average Bonchev–Trinajstić information content (AvgIpc) is 2.35. The van der Waals surface area contributed by atoms with Gasteiger partial charge >= 0.3 is 5.51 Å². The fourth-order valence-electron chi connectivity index (χ4n) is 1.90. The van der Waals surface area contributed by atoms with Crippen LogP contribution in [-0.2, 0) is 9.84 Å². The molecule has 0 aromatic heterocycles. The van der Waals surface area contributed by atoms with Crippen LogP contribution >= 0.6 is 0 Å². The quantitative estimate of drug-likeness (QED) is 0.833. The summed E-state index contributed by atoms with van der Waals surface area (Å²) < 4.78 is 74.3. The summed E-state index contributed by atoms with van der Waals surface area (Å²) in [7, 11) is -5.61. The van der Waals surface area contributed by atoms with E-state index < -0.39 is 26.1 Å². The van der Waals surface area contributed by atoms with Gasteiger partial charge in [0.1, 0.15) is 10.7 Å². The van der Waals surface area contributed by atoms with Gasteiger partial charge in [0.05, 0.1) is 5.69 Å². The summed E-state index contributed by atoms with van der Waals surface area (Å²) in [6.45, 7) is 5.52. The minimum atomic E-state index is -5.61. The molecule has 120 valence electrons. The zero-order valence-electron chi connectivity index (χ0n) is 11.8. The minimum absolute atomic E-state index is 0.0708. The number of anilines is 1. The first-order valence-electron chi connectivity index (χ1n) is 6.38. The van der Waals surface area contributed by atoms with Crippen molar-refractivity contribution in [3.05, 3.63) is 24.0 Å². The molecule has 0 aliphatic carbocycles. The summed E-state index contributed by atoms with van der Waals surface area (Å²) in [6, 6.07) is 2.10. The number of hydrogen-bond donors (Lipinski definition) is 1. The van der Waals surface area contributed by atoms with Crippen molar-refractivity contribution in [3.8, 4) is 0 Å². The van der Waals surface area contributed by atoms with Crippen LogP contribution < -0.4 is 5.32 Å². The lowest BCUT2D eigenvalue weighted by Crippen LogP contribution is -2.28. The van der Waals surface area contributed by atoms with Gasteiger partial charge in [-0.05, 0) is 30.5 Å². The molecule has 0 aliphatic rings. The Morgan fingerprint density at radius 1 is 1.24 bits per heavy atom. The van der Waals surface area contributed by atoms with Crippen molar-refractivity contribution in [3.63, 3.8) is 0 Å². The Morgan fingerprint density at radius 3 is 2.24 bits per heavy atom. The molecule has 0 bridgehead atoms. The molecule has 1 aromatic rings. The maximum Gasteiger partial charge on any atom is 0.501 e. The highest BCUT2D eigenvalue weighted by atomic mass is 32.2. The number of benzene rings is 1. The first-order valence-corrected chi connectivity index (χ1v) is 7.86. The normalized spacial score (nSPS) is 14.3. The van der Waals surface area contributed by atoms with Gasteiger partial charge in [-0.25, -0.2) is 12.8 Å². The Hall–Kier alpha value is -1.31. The summed E-state index contributed by atoms with van der Waals surface area (Å²) in [5.74, 6) is -0.970. The molecule has 0 amide bonds. The molecule has 0 heterocycles. The van der Waals surface area contributed by atoms with Gasteiger partial charge in [0.25, 0.3) is 9.84 Å². The Balaban J connectivity index is 3.37. The SMILES string of the molecule is CCC(Nc1ccc(F)cc1S(=O)(=O)C(F)(F)F)C(C)C. The third-order valence-corrected chi connectivity index (χ3v) is 4.65. The lowest BCUT2D eigenvalue weighted by molar-refractivity contribution is -0.0435. The molecule has 21 heavy (non-hydrogen) atoms. The third kappa shape index (κ3) is 3.87. The standard InChI is InChI=1S/C13H17F4NO2S/c1-4-10(8(2)3)18-11-6-5-9(14)7-12(11)21(19,20)13(15,16)17/h5-8,10,18H,4H2,1-3H3. The van der Waals surface area contributed by atoms with E-state index in [1.54, 1.807) is 0 Å². The van der Waals surface area contributed by atoms with Crippen molar-refractivity contribution in [1.82, 2.24) is 0 Å². The van der Waals surface area contributed by atoms with Crippen LogP contribution in [0.15, 0.2) is 23.1 Å². The van der Waals surface area contributed by atoms with Crippen LogP contribution in [0.1, 0.15) is 27.2 Å². The second-order valence-electron chi connectivity index (χ2n) is 4.99. The van der Waals surface area contributed by atoms with Crippen LogP contribution in [0.2, 0.25) is 0 Å². The second kappa shape index (κ2) is 6.21. The van der Waals surface area contributed by atoms with Crippen molar-refractivity contribution in [2.75, 3.05) is 5.32 Å². The van der Waals surface area contributed by atoms with Crippen LogP contribution in [0.25, 0.3) is 0 Å². The smallest absolute Gasteiger partial charge is 0.381 e. The summed E-state index contributed by atoms with van der Waals surface area (Å²) in [4.78, 5) is -1.09. The summed E-state index contributed by atoms with van der Waals surface area (Å²) in [5, 5.41) is 2.76. The molecule has 1 N–H and O–H groups in total. The number of nitrogens with one attached hydrogen (secondary N) is 1. The molecule has 3 nitrogen and oxygen atoms in total. The van der Waals surface area contributed by atoms with Gasteiger partial charge in [0.15, 0.2) is 0 Å². The first-order chi connectivity index (χ1) is 9.50. The topological polar surface area (TPSA) is 46.2 Å². The van der Waals surface area contributed by atoms with Gasteiger partial charge in [-0.1, -0.05) is 20.8 Å². The highest BCUT2D eigenvalue weighted by Gasteiger charge is 2.48. The number of rotatable bonds is 5. The van der Waals surface area contributed by atoms with Crippen LogP contribution in [0.3, 0.4) is 0 Å². The van der Waals surface area contributed by atoms with Crippen molar-refractivity contribution in [1.29, 1.82) is 0 Å². The van der Waals surface area contributed by atoms with Gasteiger partial charge in [0, 0.05) is 6.04 Å². The molecule has 0 spiro atoms. The number of hydrogen-bond acceptors (Lipinski definition) is 3. The molecule has 1 aromatic carbocycles. The molecular weight excluding hydrogens is 310 g/mol. The number of halogens is 4. The zero-order chi connectivity index (χ0) is 16.4. The summed E-state index contributed by atoms with van der Waals surface area (Å²) in [5.41, 5.74) is -5.72. The van der Waals surface area contributed by atoms with Gasteiger partial charge < -0.3 is 5.32 Å². The van der Waals surface area contributed by atoms with Gasteiger partial charge in [-0.2, -0.15) is 13.2 Å². The summed E-state index contributed by atoms with van der Waals surface area (Å²) >= 11 is 0. The maximum absolute atomic E-state index is 13.2. The summed E-state index contributed by atoms with van der Waals surface area (Å²) in [6.07, 6.45) is 0.584. The fraction of sp³-hybridized carbons (Fsp3) is 0.538. The van der Waals surface area contributed by atoms with Crippen LogP contribution in [0, 0.1) is 11.7 Å². The molecule has 0 fully saturated rings. The molecule has 0 saturated heterocycles. The van der Waals surface area contributed by atoms with Crippen LogP contribution in [0.5, 0.6) is 0 Å². The van der Waals surface area contributed by atoms with E-state index in [1.807, 2.05) is 20.8 Å². The highest BCUT2D eigenvalue weighted by molar-refractivity contribution is 7.92. The molecule has 0 aliphatic heterocycles. The van der Waals surface area contributed by atoms with E-state index in [0.29, 0.717) is 12.5 Å². The van der Waals surface area contributed by atoms with E-state index in [9.17, 15) is 26.0 Å². The lowest BCUT2D eigenvalue weighted by atomic mass is 10.0. The third-order valence-electron chi connectivity index (χ3n) is 3.12. The van der Waals surface area contributed by atoms with Crippen LogP contribution in [-0.4, -0.2) is 20.0 Å². The molecule has 8 heteroatoms. The largest absolute Gasteiger partial charge is 0.501 e. The van der Waals surface area contributed by atoms with Crippen LogP contribution in [0.4, 0.5) is 23.2 Å². The molecule has 0 radical (unpaired) electrons. The predicted molar refractivity (Wildman–Crippen MR) is 72.2 cm³/mol. The van der Waals surface area contributed by atoms with E-state index in [4.69, 9.17) is 0 Å². The molecule has 1 rings (SSSR count). The van der Waals surface area contributed by atoms with Crippen molar-refractivity contribution < 1.29 is 26.0 Å². The van der Waals surface area contributed by atoms with Gasteiger partial charge in [-0.15, -0.1) is 0 Å².